The minimum Gasteiger partial charge on any atom is -0.504 e. The van der Waals surface area contributed by atoms with Gasteiger partial charge in [-0.15, -0.1) is 10.1 Å². The van der Waals surface area contributed by atoms with Crippen LogP contribution in [-0.4, -0.2) is 29.8 Å². The zero-order valence-corrected chi connectivity index (χ0v) is 15.5. The summed E-state index contributed by atoms with van der Waals surface area (Å²) < 4.78 is 5.03. The molecule has 2 aromatic carbocycles. The van der Waals surface area contributed by atoms with Gasteiger partial charge in [-0.25, -0.2) is 0 Å². The quantitative estimate of drug-likeness (QED) is 0.281. The third kappa shape index (κ3) is 6.99. The summed E-state index contributed by atoms with van der Waals surface area (Å²) in [6.45, 7) is 0.419. The van der Waals surface area contributed by atoms with E-state index in [1.54, 1.807) is 18.2 Å². The van der Waals surface area contributed by atoms with Crippen LogP contribution >= 0.6 is 0 Å². The molecule has 0 aromatic heterocycles. The van der Waals surface area contributed by atoms with Crippen molar-refractivity contribution in [3.63, 3.8) is 0 Å². The molecule has 0 saturated carbocycles. The fourth-order valence-corrected chi connectivity index (χ4v) is 2.53. The van der Waals surface area contributed by atoms with E-state index in [0.29, 0.717) is 25.1 Å². The second kappa shape index (κ2) is 10.6. The van der Waals surface area contributed by atoms with Gasteiger partial charge < -0.3 is 20.0 Å². The Morgan fingerprint density at radius 2 is 2.04 bits per heavy atom. The Bertz CT molecular complexity index is 850. The van der Waals surface area contributed by atoms with E-state index in [-0.39, 0.29) is 18.3 Å². The third-order valence-electron chi connectivity index (χ3n) is 3.90. The molecule has 0 fully saturated rings. The second-order valence-corrected chi connectivity index (χ2v) is 5.96. The molecule has 2 rings (SSSR count). The average Bonchev–Trinajstić information content (AvgIpc) is 2.69. The number of aromatic hydroxyl groups is 1. The zero-order chi connectivity index (χ0) is 20.4. The highest BCUT2D eigenvalue weighted by Crippen LogP contribution is 2.26. The first-order valence-electron chi connectivity index (χ1n) is 8.66. The van der Waals surface area contributed by atoms with Crippen LogP contribution < -0.4 is 10.1 Å². The van der Waals surface area contributed by atoms with Gasteiger partial charge in [0.05, 0.1) is 13.7 Å². The molecule has 8 heteroatoms. The fraction of sp³-hybridized carbons (Fsp3) is 0.250. The van der Waals surface area contributed by atoms with E-state index in [9.17, 15) is 20.0 Å². The number of rotatable bonds is 10. The van der Waals surface area contributed by atoms with E-state index in [1.165, 1.54) is 19.3 Å². The molecule has 2 aromatic rings. The fourth-order valence-electron chi connectivity index (χ4n) is 2.53. The van der Waals surface area contributed by atoms with Crippen LogP contribution in [0.1, 0.15) is 23.1 Å². The molecule has 0 aliphatic heterocycles. The predicted molar refractivity (Wildman–Crippen MR) is 103 cm³/mol. The molecule has 148 valence electrons. The summed E-state index contributed by atoms with van der Waals surface area (Å²) in [5.41, 5.74) is 2.68. The lowest BCUT2D eigenvalue weighted by atomic mass is 10.1. The van der Waals surface area contributed by atoms with E-state index in [4.69, 9.17) is 4.74 Å². The molecule has 0 radical (unpaired) electrons. The number of hydrogen-bond donors (Lipinski definition) is 2. The number of nitrogens with one attached hydrogen (secondary N) is 1. The lowest BCUT2D eigenvalue weighted by Crippen LogP contribution is -2.20. The number of carbonyl (C=O) groups is 1. The number of benzene rings is 2. The lowest BCUT2D eigenvalue weighted by molar-refractivity contribution is -0.757. The van der Waals surface area contributed by atoms with Crippen molar-refractivity contribution in [1.82, 2.24) is 5.32 Å². The number of phenolic OH excluding ortho intramolecular Hbond substituents is 1. The maximum atomic E-state index is 12.0. The lowest BCUT2D eigenvalue weighted by Gasteiger charge is -2.06. The van der Waals surface area contributed by atoms with E-state index in [1.807, 2.05) is 24.3 Å². The highest BCUT2D eigenvalue weighted by atomic mass is 16.9. The molecule has 28 heavy (non-hydrogen) atoms. The number of hydrogen-bond acceptors (Lipinski definition) is 6. The van der Waals surface area contributed by atoms with Crippen molar-refractivity contribution in [2.24, 2.45) is 0 Å². The van der Waals surface area contributed by atoms with Gasteiger partial charge in [0, 0.05) is 12.6 Å². The number of amides is 1. The van der Waals surface area contributed by atoms with Crippen LogP contribution in [0.15, 0.2) is 48.5 Å². The monoisotopic (exact) mass is 386 g/mol. The molecular weight excluding hydrogens is 364 g/mol. The van der Waals surface area contributed by atoms with Crippen LogP contribution in [-0.2, 0) is 22.6 Å². The minimum absolute atomic E-state index is 0.0360. The predicted octanol–water partition coefficient (Wildman–Crippen LogP) is 2.87. The van der Waals surface area contributed by atoms with Gasteiger partial charge in [0.1, 0.15) is 0 Å². The highest BCUT2D eigenvalue weighted by molar-refractivity contribution is 5.91. The summed E-state index contributed by atoms with van der Waals surface area (Å²) in [6, 6.07) is 12.4. The number of nitrogens with zero attached hydrogens (tertiary/aromatic N) is 1. The first kappa shape index (κ1) is 20.8. The van der Waals surface area contributed by atoms with E-state index in [2.05, 4.69) is 10.2 Å². The minimum atomic E-state index is -0.798. The first-order chi connectivity index (χ1) is 13.5. The molecule has 0 unspecified atom stereocenters. The normalized spacial score (nSPS) is 10.6. The Hall–Kier alpha value is -3.55. The maximum Gasteiger partial charge on any atom is 0.294 e. The van der Waals surface area contributed by atoms with Crippen molar-refractivity contribution in [2.45, 2.75) is 19.4 Å². The van der Waals surface area contributed by atoms with E-state index >= 15 is 0 Å². The Balaban J connectivity index is 1.83. The third-order valence-corrected chi connectivity index (χ3v) is 3.90. The smallest absolute Gasteiger partial charge is 0.294 e. The summed E-state index contributed by atoms with van der Waals surface area (Å²) in [4.78, 5) is 26.4. The summed E-state index contributed by atoms with van der Waals surface area (Å²) in [7, 11) is 1.46. The van der Waals surface area contributed by atoms with Crippen LogP contribution in [0, 0.1) is 10.1 Å². The van der Waals surface area contributed by atoms with Crippen LogP contribution in [0.5, 0.6) is 11.5 Å². The van der Waals surface area contributed by atoms with Crippen LogP contribution in [0.25, 0.3) is 6.08 Å². The van der Waals surface area contributed by atoms with Gasteiger partial charge in [-0.1, -0.05) is 30.3 Å². The number of phenols is 1. The van der Waals surface area contributed by atoms with Gasteiger partial charge in [0.15, 0.2) is 11.5 Å². The maximum absolute atomic E-state index is 12.0. The Labute approximate surface area is 162 Å². The topological polar surface area (TPSA) is 111 Å². The van der Waals surface area contributed by atoms with Crippen molar-refractivity contribution in [2.75, 3.05) is 13.7 Å². The zero-order valence-electron chi connectivity index (χ0n) is 15.5. The summed E-state index contributed by atoms with van der Waals surface area (Å²) in [6.07, 6.45) is 4.22. The standard InChI is InChI=1S/C20H22N2O6/c1-27-19-13-16(7-9-18(19)23)8-10-20(24)21-14-17-5-2-4-15(12-17)6-3-11-28-22(25)26/h2,4-5,7-10,12-13,23H,3,6,11,14H2,1H3,(H,21,24). The number of carbonyl (C=O) groups excluding carboxylic acids is 1. The molecule has 0 aliphatic rings. The molecule has 0 saturated heterocycles. The summed E-state index contributed by atoms with van der Waals surface area (Å²) in [5, 5.41) is 21.7. The molecule has 0 atom stereocenters. The van der Waals surface area contributed by atoms with Crippen molar-refractivity contribution < 1.29 is 24.6 Å². The number of methoxy groups -OCH3 is 1. The summed E-state index contributed by atoms with van der Waals surface area (Å²) in [5.74, 6) is 0.119. The van der Waals surface area contributed by atoms with Crippen LogP contribution in [0.3, 0.4) is 0 Å². The molecule has 0 spiro atoms. The van der Waals surface area contributed by atoms with Crippen molar-refractivity contribution in [3.05, 3.63) is 75.3 Å². The Morgan fingerprint density at radius 1 is 1.25 bits per heavy atom. The van der Waals surface area contributed by atoms with Crippen molar-refractivity contribution >= 4 is 12.0 Å². The van der Waals surface area contributed by atoms with Gasteiger partial charge in [0.2, 0.25) is 5.91 Å². The molecule has 8 nitrogen and oxygen atoms in total. The van der Waals surface area contributed by atoms with Gasteiger partial charge in [-0.3, -0.25) is 4.79 Å². The van der Waals surface area contributed by atoms with Gasteiger partial charge in [0.25, 0.3) is 5.09 Å². The Morgan fingerprint density at radius 3 is 2.79 bits per heavy atom. The first-order valence-corrected chi connectivity index (χ1v) is 8.66. The van der Waals surface area contributed by atoms with Crippen LogP contribution in [0.2, 0.25) is 0 Å². The molecule has 0 heterocycles. The van der Waals surface area contributed by atoms with Gasteiger partial charge in [-0.05, 0) is 47.7 Å². The van der Waals surface area contributed by atoms with Crippen molar-refractivity contribution in [1.29, 1.82) is 0 Å². The number of ether oxygens (including phenoxy) is 1. The van der Waals surface area contributed by atoms with Crippen LogP contribution in [0.4, 0.5) is 0 Å². The molecule has 2 N–H and O–H groups in total. The van der Waals surface area contributed by atoms with E-state index in [0.717, 1.165) is 16.7 Å². The highest BCUT2D eigenvalue weighted by Gasteiger charge is 2.03. The number of aryl methyl sites for hydroxylation is 1. The summed E-state index contributed by atoms with van der Waals surface area (Å²) >= 11 is 0. The van der Waals surface area contributed by atoms with Gasteiger partial charge in [-0.2, -0.15) is 0 Å². The molecule has 0 bridgehead atoms. The molecule has 0 aliphatic carbocycles. The SMILES string of the molecule is COc1cc(C=CC(=O)NCc2cccc(CCCO[N+](=O)[O-])c2)ccc1O. The largest absolute Gasteiger partial charge is 0.504 e. The second-order valence-electron chi connectivity index (χ2n) is 5.96. The molecular formula is C20H22N2O6. The van der Waals surface area contributed by atoms with Crippen molar-refractivity contribution in [3.8, 4) is 11.5 Å². The molecule has 1 amide bonds. The Kier molecular flexibility index (Phi) is 7.83. The van der Waals surface area contributed by atoms with E-state index < -0.39 is 5.09 Å². The van der Waals surface area contributed by atoms with Gasteiger partial charge >= 0.3 is 0 Å². The average molecular weight is 386 g/mol.